The first kappa shape index (κ1) is 15.3. The van der Waals surface area contributed by atoms with E-state index in [9.17, 15) is 4.39 Å². The van der Waals surface area contributed by atoms with Crippen LogP contribution in [0, 0.1) is 5.82 Å². The lowest BCUT2D eigenvalue weighted by molar-refractivity contribution is 0.387. The fourth-order valence-electron chi connectivity index (χ4n) is 2.78. The van der Waals surface area contributed by atoms with Crippen molar-refractivity contribution in [1.82, 2.24) is 19.9 Å². The molecule has 0 saturated heterocycles. The summed E-state index contributed by atoms with van der Waals surface area (Å²) in [6, 6.07) is 10.9. The van der Waals surface area contributed by atoms with Gasteiger partial charge in [0.05, 0.1) is 23.7 Å². The van der Waals surface area contributed by atoms with Crippen molar-refractivity contribution in [3.63, 3.8) is 0 Å². The van der Waals surface area contributed by atoms with Gasteiger partial charge in [0.1, 0.15) is 18.0 Å². The second kappa shape index (κ2) is 6.35. The number of nitrogens with one attached hydrogen (secondary N) is 2. The van der Waals surface area contributed by atoms with Crippen molar-refractivity contribution in [2.75, 3.05) is 19.0 Å². The Morgan fingerprint density at radius 1 is 1.16 bits per heavy atom. The van der Waals surface area contributed by atoms with E-state index in [1.165, 1.54) is 19.5 Å². The lowest BCUT2D eigenvalue weighted by Crippen LogP contribution is -2.08. The number of methoxy groups -OCH3 is 1. The Labute approximate surface area is 143 Å². The summed E-state index contributed by atoms with van der Waals surface area (Å²) in [5.74, 6) is 1.26. The Kier molecular flexibility index (Phi) is 3.89. The van der Waals surface area contributed by atoms with Gasteiger partial charge >= 0.3 is 0 Å². The van der Waals surface area contributed by atoms with E-state index in [-0.39, 0.29) is 5.75 Å². The van der Waals surface area contributed by atoms with Crippen molar-refractivity contribution < 1.29 is 9.13 Å². The largest absolute Gasteiger partial charge is 0.494 e. The van der Waals surface area contributed by atoms with Gasteiger partial charge in [-0.15, -0.1) is 0 Å². The number of para-hydroxylation sites is 2. The van der Waals surface area contributed by atoms with E-state index in [2.05, 4.69) is 25.3 Å². The molecule has 0 aliphatic rings. The Morgan fingerprint density at radius 2 is 2.04 bits per heavy atom. The molecule has 4 rings (SSSR count). The first-order valence-corrected chi connectivity index (χ1v) is 7.90. The molecule has 0 spiro atoms. The molecule has 0 aliphatic carbocycles. The van der Waals surface area contributed by atoms with Crippen LogP contribution >= 0.6 is 0 Å². The molecule has 0 aliphatic heterocycles. The van der Waals surface area contributed by atoms with Gasteiger partial charge in [-0.25, -0.2) is 19.3 Å². The lowest BCUT2D eigenvalue weighted by atomic mass is 10.2. The van der Waals surface area contributed by atoms with E-state index < -0.39 is 5.82 Å². The van der Waals surface area contributed by atoms with Crippen LogP contribution in [0.15, 0.2) is 42.7 Å². The van der Waals surface area contributed by atoms with Crippen LogP contribution in [0.2, 0.25) is 0 Å². The number of imidazole rings is 1. The van der Waals surface area contributed by atoms with Crippen LogP contribution < -0.4 is 10.1 Å². The normalized spacial score (nSPS) is 11.1. The summed E-state index contributed by atoms with van der Waals surface area (Å²) in [6.07, 6.45) is 2.12. The van der Waals surface area contributed by atoms with Crippen molar-refractivity contribution in [2.45, 2.75) is 6.42 Å². The maximum atomic E-state index is 13.8. The van der Waals surface area contributed by atoms with Crippen LogP contribution in [0.5, 0.6) is 5.75 Å². The Hall–Kier alpha value is -3.22. The third-order valence-electron chi connectivity index (χ3n) is 4.00. The smallest absolute Gasteiger partial charge is 0.167 e. The average molecular weight is 337 g/mol. The Morgan fingerprint density at radius 3 is 2.88 bits per heavy atom. The number of ether oxygens (including phenoxy) is 1. The molecular formula is C18H16FN5O. The number of aromatic nitrogens is 4. The van der Waals surface area contributed by atoms with Crippen molar-refractivity contribution in [3.05, 3.63) is 54.4 Å². The average Bonchev–Trinajstić information content (AvgIpc) is 3.04. The minimum Gasteiger partial charge on any atom is -0.494 e. The first-order valence-electron chi connectivity index (χ1n) is 7.90. The number of aromatic amines is 1. The van der Waals surface area contributed by atoms with Crippen LogP contribution in [0.25, 0.3) is 21.9 Å². The molecule has 0 bridgehead atoms. The molecule has 0 radical (unpaired) electrons. The van der Waals surface area contributed by atoms with Crippen molar-refractivity contribution >= 4 is 27.8 Å². The fourth-order valence-corrected chi connectivity index (χ4v) is 2.78. The second-order valence-electron chi connectivity index (χ2n) is 5.60. The summed E-state index contributed by atoms with van der Waals surface area (Å²) in [5, 5.41) is 3.98. The molecule has 0 saturated carbocycles. The number of benzene rings is 2. The van der Waals surface area contributed by atoms with E-state index in [0.717, 1.165) is 16.9 Å². The maximum absolute atomic E-state index is 13.8. The number of hydrogen-bond acceptors (Lipinski definition) is 5. The van der Waals surface area contributed by atoms with Crippen LogP contribution in [-0.4, -0.2) is 33.6 Å². The summed E-state index contributed by atoms with van der Waals surface area (Å²) in [5.41, 5.74) is 2.50. The zero-order chi connectivity index (χ0) is 17.2. The molecule has 7 heteroatoms. The van der Waals surface area contributed by atoms with Gasteiger partial charge in [0.15, 0.2) is 11.6 Å². The number of anilines is 1. The van der Waals surface area contributed by atoms with E-state index in [4.69, 9.17) is 4.74 Å². The SMILES string of the molecule is COc1cc2c(NCCc3nc4ccccc4[nH]3)ncnc2cc1F. The molecule has 0 fully saturated rings. The first-order chi connectivity index (χ1) is 12.2. The highest BCUT2D eigenvalue weighted by atomic mass is 19.1. The van der Waals surface area contributed by atoms with Crippen LogP contribution in [0.3, 0.4) is 0 Å². The minimum absolute atomic E-state index is 0.169. The number of rotatable bonds is 5. The van der Waals surface area contributed by atoms with Gasteiger partial charge in [-0.05, 0) is 18.2 Å². The van der Waals surface area contributed by atoms with Crippen LogP contribution in [-0.2, 0) is 6.42 Å². The van der Waals surface area contributed by atoms with E-state index in [1.54, 1.807) is 6.07 Å². The highest BCUT2D eigenvalue weighted by molar-refractivity contribution is 5.90. The van der Waals surface area contributed by atoms with Crippen LogP contribution in [0.1, 0.15) is 5.82 Å². The summed E-state index contributed by atoms with van der Waals surface area (Å²) in [7, 11) is 1.43. The summed E-state index contributed by atoms with van der Waals surface area (Å²) in [6.45, 7) is 0.631. The van der Waals surface area contributed by atoms with Crippen LogP contribution in [0.4, 0.5) is 10.2 Å². The second-order valence-corrected chi connectivity index (χ2v) is 5.60. The van der Waals surface area contributed by atoms with E-state index in [1.807, 2.05) is 24.3 Å². The number of hydrogen-bond donors (Lipinski definition) is 2. The molecule has 2 aromatic carbocycles. The molecule has 4 aromatic rings. The highest BCUT2D eigenvalue weighted by Gasteiger charge is 2.10. The zero-order valence-electron chi connectivity index (χ0n) is 13.6. The predicted octanol–water partition coefficient (Wildman–Crippen LogP) is 3.31. The van der Waals surface area contributed by atoms with E-state index in [0.29, 0.717) is 29.7 Å². The molecule has 0 atom stereocenters. The zero-order valence-corrected chi connectivity index (χ0v) is 13.6. The Balaban J connectivity index is 1.54. The van der Waals surface area contributed by atoms with Gasteiger partial charge < -0.3 is 15.0 Å². The van der Waals surface area contributed by atoms with E-state index >= 15 is 0 Å². The molecule has 126 valence electrons. The lowest BCUT2D eigenvalue weighted by Gasteiger charge is -2.09. The van der Waals surface area contributed by atoms with Gasteiger partial charge in [0, 0.05) is 24.4 Å². The third-order valence-corrected chi connectivity index (χ3v) is 4.00. The van der Waals surface area contributed by atoms with Crippen molar-refractivity contribution in [3.8, 4) is 5.75 Å². The highest BCUT2D eigenvalue weighted by Crippen LogP contribution is 2.27. The number of H-pyrrole nitrogens is 1. The number of halogens is 1. The predicted molar refractivity (Wildman–Crippen MR) is 94.3 cm³/mol. The molecule has 6 nitrogen and oxygen atoms in total. The summed E-state index contributed by atoms with van der Waals surface area (Å²) < 4.78 is 18.9. The van der Waals surface area contributed by atoms with Gasteiger partial charge in [-0.2, -0.15) is 0 Å². The molecule has 2 N–H and O–H groups in total. The standard InChI is InChI=1S/C18H16FN5O/c1-25-16-8-11-15(9-12(16)19)21-10-22-18(11)20-7-6-17-23-13-4-2-3-5-14(13)24-17/h2-5,8-10H,6-7H2,1H3,(H,23,24)(H,20,21,22). The van der Waals surface area contributed by atoms with Gasteiger partial charge in [0.2, 0.25) is 0 Å². The quantitative estimate of drug-likeness (QED) is 0.584. The molecule has 25 heavy (non-hydrogen) atoms. The molecular weight excluding hydrogens is 321 g/mol. The monoisotopic (exact) mass is 337 g/mol. The topological polar surface area (TPSA) is 75.7 Å². The summed E-state index contributed by atoms with van der Waals surface area (Å²) in [4.78, 5) is 16.2. The van der Waals surface area contributed by atoms with Crippen molar-refractivity contribution in [2.24, 2.45) is 0 Å². The molecule has 0 unspecified atom stereocenters. The van der Waals surface area contributed by atoms with Gasteiger partial charge in [-0.1, -0.05) is 12.1 Å². The number of nitrogens with zero attached hydrogens (tertiary/aromatic N) is 3. The number of fused-ring (bicyclic) bond motifs is 2. The Bertz CT molecular complexity index is 1010. The fraction of sp³-hybridized carbons (Fsp3) is 0.167. The molecule has 0 amide bonds. The van der Waals surface area contributed by atoms with Gasteiger partial charge in [0.25, 0.3) is 0 Å². The molecule has 2 heterocycles. The summed E-state index contributed by atoms with van der Waals surface area (Å²) >= 11 is 0. The minimum atomic E-state index is -0.443. The van der Waals surface area contributed by atoms with Crippen molar-refractivity contribution in [1.29, 1.82) is 0 Å². The molecule has 2 aromatic heterocycles. The van der Waals surface area contributed by atoms with Gasteiger partial charge in [-0.3, -0.25) is 0 Å². The maximum Gasteiger partial charge on any atom is 0.167 e. The third kappa shape index (κ3) is 2.96.